The van der Waals surface area contributed by atoms with Crippen LogP contribution < -0.4 is 5.01 Å². The molecule has 7 heteroatoms. The molecule has 0 N–H and O–H groups in total. The van der Waals surface area contributed by atoms with Gasteiger partial charge < -0.3 is 4.42 Å². The lowest BCUT2D eigenvalue weighted by atomic mass is 10.1. The lowest BCUT2D eigenvalue weighted by Crippen LogP contribution is -2.21. The number of nitrogens with zero attached hydrogens (tertiary/aromatic N) is 2. The predicted molar refractivity (Wildman–Crippen MR) is 114 cm³/mol. The summed E-state index contributed by atoms with van der Waals surface area (Å²) in [6.45, 7) is 1.77. The minimum Gasteiger partial charge on any atom is -0.457 e. The third-order valence-electron chi connectivity index (χ3n) is 4.23. The number of rotatable bonds is 3. The minimum atomic E-state index is -0.248. The highest BCUT2D eigenvalue weighted by atomic mass is 35.5. The van der Waals surface area contributed by atoms with Crippen LogP contribution in [0.25, 0.3) is 17.4 Å². The van der Waals surface area contributed by atoms with Crippen LogP contribution in [0.1, 0.15) is 12.7 Å². The lowest BCUT2D eigenvalue weighted by molar-refractivity contribution is -0.114. The fourth-order valence-electron chi connectivity index (χ4n) is 2.87. The first-order valence-corrected chi connectivity index (χ1v) is 9.48. The second kappa shape index (κ2) is 7.47. The molecule has 1 aliphatic heterocycles. The fourth-order valence-corrected chi connectivity index (χ4v) is 3.56. The Kier molecular flexibility index (Phi) is 5.02. The highest BCUT2D eigenvalue weighted by Crippen LogP contribution is 2.33. The van der Waals surface area contributed by atoms with E-state index in [2.05, 4.69) is 5.10 Å². The summed E-state index contributed by atoms with van der Waals surface area (Å²) < 4.78 is 5.86. The Bertz CT molecular complexity index is 1150. The van der Waals surface area contributed by atoms with E-state index >= 15 is 0 Å². The zero-order chi connectivity index (χ0) is 19.8. The molecule has 0 aliphatic carbocycles. The average molecular weight is 432 g/mol. The highest BCUT2D eigenvalue weighted by Gasteiger charge is 2.29. The minimum absolute atomic E-state index is 0.248. The number of halogens is 3. The van der Waals surface area contributed by atoms with Gasteiger partial charge in [-0.25, -0.2) is 0 Å². The van der Waals surface area contributed by atoms with Gasteiger partial charge in [0.05, 0.1) is 22.0 Å². The molecular weight excluding hydrogens is 419 g/mol. The van der Waals surface area contributed by atoms with E-state index in [1.807, 2.05) is 0 Å². The number of furan rings is 1. The smallest absolute Gasteiger partial charge is 0.280 e. The van der Waals surface area contributed by atoms with Crippen molar-refractivity contribution < 1.29 is 9.21 Å². The zero-order valence-corrected chi connectivity index (χ0v) is 16.9. The molecule has 0 bridgehead atoms. The maximum Gasteiger partial charge on any atom is 0.280 e. The third kappa shape index (κ3) is 3.59. The number of hydrogen-bond acceptors (Lipinski definition) is 3. The van der Waals surface area contributed by atoms with E-state index in [9.17, 15) is 4.79 Å². The standard InChI is InChI=1S/C21H13Cl3N2O2/c1-12-18(21(27)26(25-12)15-4-2-3-13(22)9-15)11-16-6-8-20(28-16)17-7-5-14(23)10-19(17)24/h2-11H,1H3/b18-11+. The molecule has 0 atom stereocenters. The van der Waals surface area contributed by atoms with E-state index in [1.54, 1.807) is 67.6 Å². The summed E-state index contributed by atoms with van der Waals surface area (Å²) in [4.78, 5) is 12.8. The molecule has 2 aromatic carbocycles. The van der Waals surface area contributed by atoms with Gasteiger partial charge in [-0.05, 0) is 61.5 Å². The Hall–Kier alpha value is -2.53. The van der Waals surface area contributed by atoms with Crippen molar-refractivity contribution in [2.24, 2.45) is 5.10 Å². The molecule has 0 saturated carbocycles. The van der Waals surface area contributed by atoms with Crippen LogP contribution in [-0.2, 0) is 4.79 Å². The van der Waals surface area contributed by atoms with Crippen molar-refractivity contribution in [1.29, 1.82) is 0 Å². The number of hydrogen-bond donors (Lipinski definition) is 0. The first-order chi connectivity index (χ1) is 13.4. The maximum absolute atomic E-state index is 12.8. The van der Waals surface area contributed by atoms with Gasteiger partial charge in [0, 0.05) is 15.6 Å². The van der Waals surface area contributed by atoms with Crippen LogP contribution in [-0.4, -0.2) is 11.6 Å². The number of carbonyl (C=O) groups is 1. The van der Waals surface area contributed by atoms with E-state index in [-0.39, 0.29) is 5.91 Å². The summed E-state index contributed by atoms with van der Waals surface area (Å²) in [5, 5.41) is 7.24. The summed E-state index contributed by atoms with van der Waals surface area (Å²) in [7, 11) is 0. The largest absolute Gasteiger partial charge is 0.457 e. The fraction of sp³-hybridized carbons (Fsp3) is 0.0476. The van der Waals surface area contributed by atoms with E-state index in [0.29, 0.717) is 43.6 Å². The van der Waals surface area contributed by atoms with Crippen LogP contribution in [0.2, 0.25) is 15.1 Å². The van der Waals surface area contributed by atoms with Crippen molar-refractivity contribution in [2.45, 2.75) is 6.92 Å². The SMILES string of the molecule is CC1=NN(c2cccc(Cl)c2)C(=O)/C1=C/c1ccc(-c2ccc(Cl)cc2Cl)o1. The Morgan fingerprint density at radius 1 is 1.00 bits per heavy atom. The van der Waals surface area contributed by atoms with Crippen LogP contribution in [0.5, 0.6) is 0 Å². The van der Waals surface area contributed by atoms with Gasteiger partial charge in [0.1, 0.15) is 11.5 Å². The van der Waals surface area contributed by atoms with Crippen LogP contribution in [0.4, 0.5) is 5.69 Å². The lowest BCUT2D eigenvalue weighted by Gasteiger charge is -2.11. The van der Waals surface area contributed by atoms with Crippen molar-refractivity contribution in [2.75, 3.05) is 5.01 Å². The van der Waals surface area contributed by atoms with Crippen LogP contribution in [0.3, 0.4) is 0 Å². The van der Waals surface area contributed by atoms with Gasteiger partial charge in [-0.1, -0.05) is 40.9 Å². The van der Waals surface area contributed by atoms with Gasteiger partial charge in [-0.3, -0.25) is 4.79 Å². The highest BCUT2D eigenvalue weighted by molar-refractivity contribution is 6.36. The van der Waals surface area contributed by atoms with Crippen molar-refractivity contribution in [3.8, 4) is 11.3 Å². The average Bonchev–Trinajstić information content (AvgIpc) is 3.22. The molecule has 0 fully saturated rings. The van der Waals surface area contributed by atoms with Crippen molar-refractivity contribution in [1.82, 2.24) is 0 Å². The van der Waals surface area contributed by atoms with Crippen LogP contribution in [0, 0.1) is 0 Å². The summed E-state index contributed by atoms with van der Waals surface area (Å²) in [6.07, 6.45) is 1.67. The molecule has 0 spiro atoms. The second-order valence-corrected chi connectivity index (χ2v) is 7.45. The molecule has 28 heavy (non-hydrogen) atoms. The van der Waals surface area contributed by atoms with Gasteiger partial charge in [0.2, 0.25) is 0 Å². The summed E-state index contributed by atoms with van der Waals surface area (Å²) in [5.74, 6) is 0.856. The maximum atomic E-state index is 12.8. The molecule has 2 heterocycles. The first-order valence-electron chi connectivity index (χ1n) is 8.35. The topological polar surface area (TPSA) is 45.8 Å². The number of anilines is 1. The van der Waals surface area contributed by atoms with E-state index in [4.69, 9.17) is 39.2 Å². The van der Waals surface area contributed by atoms with Gasteiger partial charge in [0.15, 0.2) is 0 Å². The molecule has 140 valence electrons. The summed E-state index contributed by atoms with van der Waals surface area (Å²) in [6, 6.07) is 15.7. The van der Waals surface area contributed by atoms with E-state index in [0.717, 1.165) is 5.56 Å². The molecule has 4 rings (SSSR count). The van der Waals surface area contributed by atoms with Crippen molar-refractivity contribution in [3.63, 3.8) is 0 Å². The molecule has 0 radical (unpaired) electrons. The summed E-state index contributed by atoms with van der Waals surface area (Å²) in [5.41, 5.74) is 2.36. The number of hydrazone groups is 1. The molecular formula is C21H13Cl3N2O2. The number of benzene rings is 2. The Labute approximate surface area is 176 Å². The van der Waals surface area contributed by atoms with Gasteiger partial charge >= 0.3 is 0 Å². The number of carbonyl (C=O) groups excluding carboxylic acids is 1. The molecule has 3 aromatic rings. The van der Waals surface area contributed by atoms with Crippen molar-refractivity contribution >= 4 is 58.2 Å². The molecule has 0 saturated heterocycles. The normalized spacial score (nSPS) is 15.4. The summed E-state index contributed by atoms with van der Waals surface area (Å²) >= 11 is 18.2. The monoisotopic (exact) mass is 430 g/mol. The Balaban J connectivity index is 1.64. The second-order valence-electron chi connectivity index (χ2n) is 6.17. The van der Waals surface area contributed by atoms with Gasteiger partial charge in [-0.15, -0.1) is 0 Å². The Morgan fingerprint density at radius 3 is 2.54 bits per heavy atom. The van der Waals surface area contributed by atoms with Crippen molar-refractivity contribution in [3.05, 3.63) is 81.0 Å². The van der Waals surface area contributed by atoms with E-state index in [1.165, 1.54) is 5.01 Å². The predicted octanol–water partition coefficient (Wildman–Crippen LogP) is 6.71. The van der Waals surface area contributed by atoms with Gasteiger partial charge in [0.25, 0.3) is 5.91 Å². The molecule has 4 nitrogen and oxygen atoms in total. The first kappa shape index (κ1) is 18.8. The van der Waals surface area contributed by atoms with Gasteiger partial charge in [-0.2, -0.15) is 10.1 Å². The quantitative estimate of drug-likeness (QED) is 0.432. The molecule has 1 aliphatic rings. The zero-order valence-electron chi connectivity index (χ0n) is 14.6. The van der Waals surface area contributed by atoms with E-state index < -0.39 is 0 Å². The Morgan fingerprint density at radius 2 is 1.79 bits per heavy atom. The molecule has 1 aromatic heterocycles. The van der Waals surface area contributed by atoms with Crippen LogP contribution >= 0.6 is 34.8 Å². The number of amides is 1. The van der Waals surface area contributed by atoms with Crippen LogP contribution in [0.15, 0.2) is 69.7 Å². The molecule has 1 amide bonds. The molecule has 0 unspecified atom stereocenters. The third-order valence-corrected chi connectivity index (χ3v) is 5.01.